The lowest BCUT2D eigenvalue weighted by atomic mass is 10.0. The Kier molecular flexibility index (Phi) is 5.56. The van der Waals surface area contributed by atoms with Gasteiger partial charge in [-0.3, -0.25) is 14.8 Å². The van der Waals surface area contributed by atoms with Crippen LogP contribution < -0.4 is 10.8 Å². The Morgan fingerprint density at radius 2 is 1.76 bits per heavy atom. The molecule has 0 heterocycles. The van der Waals surface area contributed by atoms with Crippen molar-refractivity contribution in [3.05, 3.63) is 59.2 Å². The lowest BCUT2D eigenvalue weighted by Crippen LogP contribution is -2.51. The van der Waals surface area contributed by atoms with Gasteiger partial charge in [0.2, 0.25) is 0 Å². The van der Waals surface area contributed by atoms with Crippen LogP contribution in [0.4, 0.5) is 0 Å². The molecule has 0 aromatic heterocycles. The Morgan fingerprint density at radius 3 is 2.44 bits per heavy atom. The lowest BCUT2D eigenvalue weighted by Gasteiger charge is -2.19. The summed E-state index contributed by atoms with van der Waals surface area (Å²) in [7, 11) is 0. The molecule has 0 spiro atoms. The van der Waals surface area contributed by atoms with E-state index in [1.54, 1.807) is 12.1 Å². The summed E-state index contributed by atoms with van der Waals surface area (Å²) in [5, 5.41) is 20.7. The van der Waals surface area contributed by atoms with Crippen LogP contribution in [0.5, 0.6) is 0 Å². The number of carbonyl (C=O) groups excluding carboxylic acids is 2. The van der Waals surface area contributed by atoms with E-state index in [1.807, 2.05) is 18.2 Å². The Balaban J connectivity index is 0.00000225. The minimum atomic E-state index is -1.23. The molecule has 4 N–H and O–H groups in total. The van der Waals surface area contributed by atoms with Gasteiger partial charge < -0.3 is 10.4 Å². The maximum atomic E-state index is 12.4. The molecule has 2 aromatic rings. The first-order valence-electron chi connectivity index (χ1n) is 7.65. The number of hydrogen-bond donors (Lipinski definition) is 4. The number of hydroxylamine groups is 1. The average molecular weight is 342 g/mol. The van der Waals surface area contributed by atoms with E-state index in [2.05, 4.69) is 17.4 Å². The standard InChI is InChI=1S/C18H18N2O4.CH4/c1-10(21)16(18(23)20-24)19-17(22)12-6-7-15-13(9-12)8-11-4-2-3-5-14(11)15;/h2-7,9-10,16,21,24H,8H2,1H3,(H,19,22)(H,20,23);1H4/t10-,16+;/m1./s1. The summed E-state index contributed by atoms with van der Waals surface area (Å²) in [6, 6.07) is 12.2. The summed E-state index contributed by atoms with van der Waals surface area (Å²) in [5.41, 5.74) is 6.37. The predicted molar refractivity (Wildman–Crippen MR) is 94.3 cm³/mol. The normalized spacial score (nSPS) is 13.7. The molecule has 0 saturated carbocycles. The molecule has 2 aromatic carbocycles. The quantitative estimate of drug-likeness (QED) is 0.430. The second kappa shape index (κ2) is 7.46. The number of fused-ring (bicyclic) bond motifs is 3. The van der Waals surface area contributed by atoms with Crippen molar-refractivity contribution < 1.29 is 19.9 Å². The summed E-state index contributed by atoms with van der Waals surface area (Å²) in [5.74, 6) is -1.35. The number of aliphatic hydroxyl groups is 1. The highest BCUT2D eigenvalue weighted by Crippen LogP contribution is 2.36. The van der Waals surface area contributed by atoms with Gasteiger partial charge in [0.25, 0.3) is 11.8 Å². The average Bonchev–Trinajstić information content (AvgIpc) is 2.96. The van der Waals surface area contributed by atoms with Gasteiger partial charge in [0.1, 0.15) is 6.04 Å². The summed E-state index contributed by atoms with van der Waals surface area (Å²) >= 11 is 0. The molecule has 1 aliphatic carbocycles. The van der Waals surface area contributed by atoms with Gasteiger partial charge in [-0.15, -0.1) is 0 Å². The first-order valence-corrected chi connectivity index (χ1v) is 7.65. The molecule has 2 atom stereocenters. The zero-order valence-electron chi connectivity index (χ0n) is 13.1. The van der Waals surface area contributed by atoms with Crippen molar-refractivity contribution in [2.45, 2.75) is 32.9 Å². The molecule has 0 bridgehead atoms. The summed E-state index contributed by atoms with van der Waals surface area (Å²) in [6.45, 7) is 1.36. The second-order valence-electron chi connectivity index (χ2n) is 5.87. The van der Waals surface area contributed by atoms with Crippen LogP contribution in [-0.4, -0.2) is 34.3 Å². The van der Waals surface area contributed by atoms with Crippen LogP contribution in [0.1, 0.15) is 35.8 Å². The molecule has 132 valence electrons. The number of benzene rings is 2. The number of hydrogen-bond acceptors (Lipinski definition) is 4. The minimum Gasteiger partial charge on any atom is -0.391 e. The summed E-state index contributed by atoms with van der Waals surface area (Å²) in [6.07, 6.45) is -0.386. The highest BCUT2D eigenvalue weighted by atomic mass is 16.5. The van der Waals surface area contributed by atoms with Gasteiger partial charge in [0, 0.05) is 5.56 Å². The lowest BCUT2D eigenvalue weighted by molar-refractivity contribution is -0.133. The Hall–Kier alpha value is -2.70. The maximum Gasteiger partial charge on any atom is 0.268 e. The zero-order valence-corrected chi connectivity index (χ0v) is 13.1. The van der Waals surface area contributed by atoms with Gasteiger partial charge in [-0.2, -0.15) is 0 Å². The fourth-order valence-corrected chi connectivity index (χ4v) is 2.99. The van der Waals surface area contributed by atoms with E-state index in [4.69, 9.17) is 5.21 Å². The first-order chi connectivity index (χ1) is 11.5. The van der Waals surface area contributed by atoms with Crippen LogP contribution in [0, 0.1) is 0 Å². The van der Waals surface area contributed by atoms with Crippen molar-refractivity contribution in [2.24, 2.45) is 0 Å². The van der Waals surface area contributed by atoms with Crippen LogP contribution in [0.2, 0.25) is 0 Å². The zero-order chi connectivity index (χ0) is 17.3. The monoisotopic (exact) mass is 342 g/mol. The summed E-state index contributed by atoms with van der Waals surface area (Å²) in [4.78, 5) is 23.9. The highest BCUT2D eigenvalue weighted by Gasteiger charge is 2.26. The van der Waals surface area contributed by atoms with Gasteiger partial charge in [-0.05, 0) is 47.7 Å². The van der Waals surface area contributed by atoms with Crippen LogP contribution in [0.15, 0.2) is 42.5 Å². The molecule has 0 aliphatic heterocycles. The molecule has 6 heteroatoms. The van der Waals surface area contributed by atoms with Crippen LogP contribution in [0.25, 0.3) is 11.1 Å². The smallest absolute Gasteiger partial charge is 0.268 e. The van der Waals surface area contributed by atoms with Crippen molar-refractivity contribution in [1.82, 2.24) is 10.8 Å². The predicted octanol–water partition coefficient (Wildman–Crippen LogP) is 1.88. The molecule has 1 aliphatic rings. The van der Waals surface area contributed by atoms with Crippen molar-refractivity contribution in [2.75, 3.05) is 0 Å². The van der Waals surface area contributed by atoms with Gasteiger partial charge in [-0.25, -0.2) is 5.48 Å². The van der Waals surface area contributed by atoms with Crippen LogP contribution >= 0.6 is 0 Å². The molecule has 3 rings (SSSR count). The molecular weight excluding hydrogens is 320 g/mol. The molecule has 6 nitrogen and oxygen atoms in total. The number of amides is 2. The number of aliphatic hydroxyl groups excluding tert-OH is 1. The van der Waals surface area contributed by atoms with E-state index < -0.39 is 24.0 Å². The molecule has 2 amide bonds. The van der Waals surface area contributed by atoms with E-state index in [9.17, 15) is 14.7 Å². The van der Waals surface area contributed by atoms with Gasteiger partial charge >= 0.3 is 0 Å². The van der Waals surface area contributed by atoms with E-state index in [-0.39, 0.29) is 7.43 Å². The Bertz CT molecular complexity index is 802. The highest BCUT2D eigenvalue weighted by molar-refractivity contribution is 5.98. The number of carbonyl (C=O) groups is 2. The SMILES string of the molecule is C.C[C@@H](O)[C@H](NC(=O)c1ccc2c(c1)Cc1ccccc1-2)C(=O)NO. The van der Waals surface area contributed by atoms with Crippen molar-refractivity contribution in [1.29, 1.82) is 0 Å². The summed E-state index contributed by atoms with van der Waals surface area (Å²) < 4.78 is 0. The topological polar surface area (TPSA) is 98.7 Å². The van der Waals surface area contributed by atoms with Crippen molar-refractivity contribution in [3.8, 4) is 11.1 Å². The fraction of sp³-hybridized carbons (Fsp3) is 0.263. The molecule has 0 radical (unpaired) electrons. The van der Waals surface area contributed by atoms with E-state index >= 15 is 0 Å². The van der Waals surface area contributed by atoms with E-state index in [1.165, 1.54) is 23.5 Å². The number of nitrogens with one attached hydrogen (secondary N) is 2. The Labute approximate surface area is 146 Å². The second-order valence-corrected chi connectivity index (χ2v) is 5.87. The van der Waals surface area contributed by atoms with Crippen LogP contribution in [0.3, 0.4) is 0 Å². The molecule has 0 fully saturated rings. The van der Waals surface area contributed by atoms with Crippen molar-refractivity contribution >= 4 is 11.8 Å². The molecule has 0 saturated heterocycles. The van der Waals surface area contributed by atoms with Gasteiger partial charge in [-0.1, -0.05) is 37.8 Å². The molecule has 0 unspecified atom stereocenters. The largest absolute Gasteiger partial charge is 0.391 e. The van der Waals surface area contributed by atoms with E-state index in [0.717, 1.165) is 17.5 Å². The third kappa shape index (κ3) is 3.55. The fourth-order valence-electron chi connectivity index (χ4n) is 2.99. The first kappa shape index (κ1) is 18.6. The van der Waals surface area contributed by atoms with Gasteiger partial charge in [0.15, 0.2) is 0 Å². The van der Waals surface area contributed by atoms with Gasteiger partial charge in [0.05, 0.1) is 6.10 Å². The van der Waals surface area contributed by atoms with Crippen LogP contribution in [-0.2, 0) is 11.2 Å². The minimum absolute atomic E-state index is 0. The molecule has 25 heavy (non-hydrogen) atoms. The Morgan fingerprint density at radius 1 is 1.08 bits per heavy atom. The number of rotatable bonds is 4. The third-order valence-electron chi connectivity index (χ3n) is 4.22. The third-order valence-corrected chi connectivity index (χ3v) is 4.22. The maximum absolute atomic E-state index is 12.4. The molecular formula is C19H22N2O4. The van der Waals surface area contributed by atoms with E-state index in [0.29, 0.717) is 5.56 Å². The van der Waals surface area contributed by atoms with Crippen molar-refractivity contribution in [3.63, 3.8) is 0 Å².